The summed E-state index contributed by atoms with van der Waals surface area (Å²) in [5.74, 6) is 0.206. The molecular weight excluding hydrogens is 417 g/mol. The van der Waals surface area contributed by atoms with E-state index in [-0.39, 0.29) is 24.0 Å². The van der Waals surface area contributed by atoms with Crippen LogP contribution >= 0.6 is 23.2 Å². The molecular formula is C21H25Cl2NO3S. The SMILES string of the molecule is CC(C)CC(CO)N(CC(Cl)=Cc1ccccc1)S(=O)(=O)c1ccc(Cl)cc1. The Morgan fingerprint density at radius 1 is 1.11 bits per heavy atom. The minimum Gasteiger partial charge on any atom is -0.395 e. The first-order valence-corrected chi connectivity index (χ1v) is 11.2. The van der Waals surface area contributed by atoms with E-state index >= 15 is 0 Å². The monoisotopic (exact) mass is 441 g/mol. The third-order valence-corrected chi connectivity index (χ3v) is 6.60. The van der Waals surface area contributed by atoms with Gasteiger partial charge in [-0.25, -0.2) is 8.42 Å². The molecule has 28 heavy (non-hydrogen) atoms. The number of hydrogen-bond donors (Lipinski definition) is 1. The predicted molar refractivity (Wildman–Crippen MR) is 116 cm³/mol. The molecule has 2 aromatic rings. The van der Waals surface area contributed by atoms with E-state index in [9.17, 15) is 13.5 Å². The number of halogens is 2. The third kappa shape index (κ3) is 6.33. The molecule has 1 N–H and O–H groups in total. The van der Waals surface area contributed by atoms with Crippen LogP contribution in [0.3, 0.4) is 0 Å². The van der Waals surface area contributed by atoms with Crippen LogP contribution in [0.1, 0.15) is 25.8 Å². The van der Waals surface area contributed by atoms with Crippen LogP contribution in [0.4, 0.5) is 0 Å². The molecule has 0 aliphatic carbocycles. The average molecular weight is 442 g/mol. The summed E-state index contributed by atoms with van der Waals surface area (Å²) in [5, 5.41) is 10.7. The van der Waals surface area contributed by atoms with Crippen LogP contribution in [0.2, 0.25) is 5.02 Å². The summed E-state index contributed by atoms with van der Waals surface area (Å²) in [6, 6.07) is 14.8. The van der Waals surface area contributed by atoms with Crippen molar-refractivity contribution in [1.29, 1.82) is 0 Å². The smallest absolute Gasteiger partial charge is 0.243 e. The van der Waals surface area contributed by atoms with E-state index in [1.54, 1.807) is 6.08 Å². The van der Waals surface area contributed by atoms with Crippen LogP contribution < -0.4 is 0 Å². The van der Waals surface area contributed by atoms with Gasteiger partial charge in [-0.3, -0.25) is 0 Å². The van der Waals surface area contributed by atoms with E-state index in [2.05, 4.69) is 0 Å². The zero-order chi connectivity index (χ0) is 20.7. The first-order valence-electron chi connectivity index (χ1n) is 9.03. The van der Waals surface area contributed by atoms with Crippen LogP contribution in [0, 0.1) is 5.92 Å². The summed E-state index contributed by atoms with van der Waals surface area (Å²) in [6.07, 6.45) is 2.24. The zero-order valence-electron chi connectivity index (χ0n) is 15.9. The lowest BCUT2D eigenvalue weighted by molar-refractivity contribution is 0.174. The quantitative estimate of drug-likeness (QED) is 0.594. The molecule has 0 saturated carbocycles. The second-order valence-electron chi connectivity index (χ2n) is 6.97. The van der Waals surface area contributed by atoms with Gasteiger partial charge in [-0.15, -0.1) is 0 Å². The van der Waals surface area contributed by atoms with Gasteiger partial charge in [0.1, 0.15) is 0 Å². The van der Waals surface area contributed by atoms with E-state index in [0.29, 0.717) is 16.5 Å². The minimum absolute atomic E-state index is 0.0284. The summed E-state index contributed by atoms with van der Waals surface area (Å²) in [5.41, 5.74) is 0.876. The largest absolute Gasteiger partial charge is 0.395 e. The summed E-state index contributed by atoms with van der Waals surface area (Å²) in [7, 11) is -3.87. The van der Waals surface area contributed by atoms with Crippen molar-refractivity contribution in [2.24, 2.45) is 5.92 Å². The van der Waals surface area contributed by atoms with Gasteiger partial charge in [-0.1, -0.05) is 67.4 Å². The molecule has 0 amide bonds. The maximum Gasteiger partial charge on any atom is 0.243 e. The number of rotatable bonds is 9. The zero-order valence-corrected chi connectivity index (χ0v) is 18.3. The summed E-state index contributed by atoms with van der Waals surface area (Å²) < 4.78 is 27.9. The van der Waals surface area contributed by atoms with Gasteiger partial charge in [-0.05, 0) is 48.2 Å². The molecule has 1 unspecified atom stereocenters. The van der Waals surface area contributed by atoms with Gasteiger partial charge < -0.3 is 5.11 Å². The van der Waals surface area contributed by atoms with Gasteiger partial charge in [0.15, 0.2) is 0 Å². The summed E-state index contributed by atoms with van der Waals surface area (Å²) >= 11 is 12.3. The molecule has 0 fully saturated rings. The fourth-order valence-corrected chi connectivity index (χ4v) is 4.96. The molecule has 1 atom stereocenters. The lowest BCUT2D eigenvalue weighted by atomic mass is 10.0. The first kappa shape index (κ1) is 22.9. The normalized spacial score (nSPS) is 13.9. The molecule has 0 aromatic heterocycles. The van der Waals surface area contributed by atoms with Gasteiger partial charge in [-0.2, -0.15) is 4.31 Å². The van der Waals surface area contributed by atoms with E-state index < -0.39 is 16.1 Å². The van der Waals surface area contributed by atoms with Crippen LogP contribution in [0.5, 0.6) is 0 Å². The van der Waals surface area contributed by atoms with Gasteiger partial charge in [0.05, 0.1) is 18.0 Å². The van der Waals surface area contributed by atoms with E-state index in [0.717, 1.165) is 5.56 Å². The molecule has 2 rings (SSSR count). The Hall–Kier alpha value is -1.37. The van der Waals surface area contributed by atoms with E-state index in [4.69, 9.17) is 23.2 Å². The molecule has 2 aromatic carbocycles. The molecule has 0 saturated heterocycles. The summed E-state index contributed by atoms with van der Waals surface area (Å²) in [6.45, 7) is 3.65. The molecule has 0 aliphatic rings. The van der Waals surface area contributed by atoms with Crippen molar-refractivity contribution in [3.63, 3.8) is 0 Å². The van der Waals surface area contributed by atoms with Gasteiger partial charge in [0.25, 0.3) is 0 Å². The van der Waals surface area contributed by atoms with Crippen molar-refractivity contribution < 1.29 is 13.5 Å². The van der Waals surface area contributed by atoms with Crippen LogP contribution in [0.25, 0.3) is 6.08 Å². The topological polar surface area (TPSA) is 57.6 Å². The lowest BCUT2D eigenvalue weighted by Gasteiger charge is -2.30. The Morgan fingerprint density at radius 2 is 1.71 bits per heavy atom. The number of sulfonamides is 1. The average Bonchev–Trinajstić information content (AvgIpc) is 2.65. The van der Waals surface area contributed by atoms with Gasteiger partial charge in [0, 0.05) is 16.1 Å². The van der Waals surface area contributed by atoms with Crippen LogP contribution in [0.15, 0.2) is 64.5 Å². The number of hydrogen-bond acceptors (Lipinski definition) is 3. The summed E-state index contributed by atoms with van der Waals surface area (Å²) in [4.78, 5) is 0.114. The Kier molecular flexibility index (Phi) is 8.53. The second kappa shape index (κ2) is 10.4. The van der Waals surface area contributed by atoms with E-state index in [1.165, 1.54) is 28.6 Å². The lowest BCUT2D eigenvalue weighted by Crippen LogP contribution is -2.43. The fourth-order valence-electron chi connectivity index (χ4n) is 2.90. The highest BCUT2D eigenvalue weighted by atomic mass is 35.5. The molecule has 0 spiro atoms. The molecule has 0 bridgehead atoms. The van der Waals surface area contributed by atoms with Crippen LogP contribution in [-0.4, -0.2) is 37.0 Å². The van der Waals surface area contributed by atoms with Crippen LogP contribution in [-0.2, 0) is 10.0 Å². The molecule has 152 valence electrons. The highest BCUT2D eigenvalue weighted by Gasteiger charge is 2.32. The number of aliphatic hydroxyl groups is 1. The highest BCUT2D eigenvalue weighted by molar-refractivity contribution is 7.89. The Labute approximate surface area is 177 Å². The number of nitrogens with zero attached hydrogens (tertiary/aromatic N) is 1. The van der Waals surface area contributed by atoms with Crippen molar-refractivity contribution in [1.82, 2.24) is 4.31 Å². The van der Waals surface area contributed by atoms with Crippen molar-refractivity contribution in [2.45, 2.75) is 31.2 Å². The Morgan fingerprint density at radius 3 is 2.25 bits per heavy atom. The molecule has 0 heterocycles. The van der Waals surface area contributed by atoms with E-state index in [1.807, 2.05) is 44.2 Å². The van der Waals surface area contributed by atoms with Gasteiger partial charge in [0.2, 0.25) is 10.0 Å². The Bertz CT molecular complexity index is 882. The molecule has 7 heteroatoms. The molecule has 0 radical (unpaired) electrons. The standard InChI is InChI=1S/C21H25Cl2NO3S/c1-16(2)12-20(15-25)24(14-19(23)13-17-6-4-3-5-7-17)28(26,27)21-10-8-18(22)9-11-21/h3-11,13,16,20,25H,12,14-15H2,1-2H3. The number of benzene rings is 2. The van der Waals surface area contributed by atoms with Crippen molar-refractivity contribution in [2.75, 3.05) is 13.2 Å². The minimum atomic E-state index is -3.87. The maximum absolute atomic E-state index is 13.3. The second-order valence-corrected chi connectivity index (χ2v) is 9.78. The predicted octanol–water partition coefficient (Wildman–Crippen LogP) is 5.02. The highest BCUT2D eigenvalue weighted by Crippen LogP contribution is 2.25. The van der Waals surface area contributed by atoms with Crippen molar-refractivity contribution in [3.8, 4) is 0 Å². The molecule has 4 nitrogen and oxygen atoms in total. The van der Waals surface area contributed by atoms with Crippen molar-refractivity contribution >= 4 is 39.3 Å². The van der Waals surface area contributed by atoms with Gasteiger partial charge >= 0.3 is 0 Å². The van der Waals surface area contributed by atoms with Crippen molar-refractivity contribution in [3.05, 3.63) is 70.2 Å². The fraction of sp³-hybridized carbons (Fsp3) is 0.333. The molecule has 0 aliphatic heterocycles. The first-order chi connectivity index (χ1) is 13.2. The number of aliphatic hydroxyl groups excluding tert-OH is 1. The maximum atomic E-state index is 13.3. The Balaban J connectivity index is 2.41. The third-order valence-electron chi connectivity index (χ3n) is 4.21.